The molecule has 1 aliphatic carbocycles. The van der Waals surface area contributed by atoms with Crippen molar-refractivity contribution in [2.45, 2.75) is 25.7 Å². The van der Waals surface area contributed by atoms with E-state index in [1.165, 1.54) is 4.31 Å². The zero-order valence-electron chi connectivity index (χ0n) is 11.6. The third-order valence-corrected chi connectivity index (χ3v) is 6.12. The molecule has 2 fully saturated rings. The fourth-order valence-corrected chi connectivity index (χ4v) is 4.57. The molecule has 8 heteroatoms. The van der Waals surface area contributed by atoms with Crippen molar-refractivity contribution in [3.63, 3.8) is 0 Å². The molecule has 0 aromatic carbocycles. The molecule has 2 aliphatic rings. The molecule has 1 saturated carbocycles. The van der Waals surface area contributed by atoms with Gasteiger partial charge in [0.1, 0.15) is 0 Å². The summed E-state index contributed by atoms with van der Waals surface area (Å²) < 4.78 is 24.6. The average Bonchev–Trinajstić information content (AvgIpc) is 2.95. The fraction of sp³-hybridized carbons (Fsp3) is 0.917. The number of hydrogen-bond donors (Lipinski definition) is 2. The minimum Gasteiger partial charge on any atom is -0.355 e. The highest BCUT2D eigenvalue weighted by molar-refractivity contribution is 7.89. The Morgan fingerprint density at radius 3 is 2.65 bits per heavy atom. The normalized spacial score (nSPS) is 29.1. The molecule has 2 rings (SSSR count). The first-order valence-electron chi connectivity index (χ1n) is 7.00. The Morgan fingerprint density at radius 2 is 2.05 bits per heavy atom. The van der Waals surface area contributed by atoms with Crippen LogP contribution in [0, 0.1) is 11.8 Å². The van der Waals surface area contributed by atoms with E-state index in [4.69, 9.17) is 5.73 Å². The van der Waals surface area contributed by atoms with E-state index >= 15 is 0 Å². The van der Waals surface area contributed by atoms with Crippen molar-refractivity contribution in [3.8, 4) is 0 Å². The summed E-state index contributed by atoms with van der Waals surface area (Å²) in [5, 5.41) is 2.85. The Labute approximate surface area is 126 Å². The number of rotatable bonds is 5. The van der Waals surface area contributed by atoms with Crippen molar-refractivity contribution >= 4 is 28.3 Å². The van der Waals surface area contributed by atoms with Crippen molar-refractivity contribution in [2.75, 3.05) is 31.9 Å². The van der Waals surface area contributed by atoms with Gasteiger partial charge in [-0.1, -0.05) is 6.42 Å². The lowest BCUT2D eigenvalue weighted by atomic mass is 9.95. The van der Waals surface area contributed by atoms with Gasteiger partial charge in [0.15, 0.2) is 0 Å². The fourth-order valence-electron chi connectivity index (χ4n) is 3.04. The number of nitrogens with two attached hydrogens (primary N) is 1. The van der Waals surface area contributed by atoms with E-state index in [-0.39, 0.29) is 35.9 Å². The van der Waals surface area contributed by atoms with Crippen LogP contribution in [0.3, 0.4) is 0 Å². The van der Waals surface area contributed by atoms with Gasteiger partial charge in [0.25, 0.3) is 0 Å². The molecule has 0 aromatic rings. The van der Waals surface area contributed by atoms with E-state index < -0.39 is 10.0 Å². The van der Waals surface area contributed by atoms with Gasteiger partial charge in [0, 0.05) is 25.6 Å². The Kier molecular flexibility index (Phi) is 6.71. The molecule has 3 N–H and O–H groups in total. The molecule has 20 heavy (non-hydrogen) atoms. The highest BCUT2D eigenvalue weighted by Crippen LogP contribution is 2.30. The Balaban J connectivity index is 0.00000200. The highest BCUT2D eigenvalue weighted by Gasteiger charge is 2.32. The first-order chi connectivity index (χ1) is 9.04. The van der Waals surface area contributed by atoms with Crippen LogP contribution in [-0.4, -0.2) is 50.6 Å². The zero-order valence-corrected chi connectivity index (χ0v) is 13.2. The molecule has 0 aromatic heterocycles. The van der Waals surface area contributed by atoms with Gasteiger partial charge >= 0.3 is 0 Å². The van der Waals surface area contributed by atoms with E-state index in [1.807, 2.05) is 0 Å². The molecule has 1 heterocycles. The second-order valence-corrected chi connectivity index (χ2v) is 7.48. The molecular formula is C12H24ClN3O3S. The van der Waals surface area contributed by atoms with E-state index in [1.54, 1.807) is 0 Å². The van der Waals surface area contributed by atoms with Gasteiger partial charge in [0.2, 0.25) is 15.9 Å². The number of nitrogens with zero attached hydrogens (tertiary/aromatic N) is 1. The molecule has 6 nitrogen and oxygen atoms in total. The van der Waals surface area contributed by atoms with Crippen LogP contribution in [-0.2, 0) is 14.8 Å². The minimum absolute atomic E-state index is 0. The topological polar surface area (TPSA) is 92.5 Å². The molecule has 0 bridgehead atoms. The monoisotopic (exact) mass is 325 g/mol. The van der Waals surface area contributed by atoms with Crippen molar-refractivity contribution < 1.29 is 13.2 Å². The second kappa shape index (κ2) is 7.59. The largest absolute Gasteiger partial charge is 0.355 e. The molecule has 1 aliphatic heterocycles. The summed E-state index contributed by atoms with van der Waals surface area (Å²) in [6.45, 7) is 1.91. The minimum atomic E-state index is -3.06. The van der Waals surface area contributed by atoms with E-state index in [0.717, 1.165) is 19.3 Å². The van der Waals surface area contributed by atoms with Crippen molar-refractivity contribution in [2.24, 2.45) is 17.6 Å². The predicted octanol–water partition coefficient (Wildman–Crippen LogP) is -0.0651. The molecule has 2 atom stereocenters. The average molecular weight is 326 g/mol. The van der Waals surface area contributed by atoms with Crippen LogP contribution < -0.4 is 11.1 Å². The summed E-state index contributed by atoms with van der Waals surface area (Å²) in [4.78, 5) is 12.0. The standard InChI is InChI=1S/C12H23N3O3S.ClH/c13-9-10-3-1-4-11(10)12(16)14-5-7-15-6-2-8-19(15,17)18;/h10-11H,1-9,13H2,(H,14,16);1H/t10-,11-;/m1./s1. The lowest BCUT2D eigenvalue weighted by molar-refractivity contribution is -0.125. The molecule has 0 radical (unpaired) electrons. The zero-order chi connectivity index (χ0) is 13.9. The van der Waals surface area contributed by atoms with Crippen molar-refractivity contribution in [1.82, 2.24) is 9.62 Å². The lowest BCUT2D eigenvalue weighted by Gasteiger charge is -2.19. The smallest absolute Gasteiger partial charge is 0.223 e. The van der Waals surface area contributed by atoms with E-state index in [2.05, 4.69) is 5.32 Å². The van der Waals surface area contributed by atoms with Crippen LogP contribution >= 0.6 is 12.4 Å². The maximum Gasteiger partial charge on any atom is 0.223 e. The predicted molar refractivity (Wildman–Crippen MR) is 80.1 cm³/mol. The summed E-state index contributed by atoms with van der Waals surface area (Å²) in [6.07, 6.45) is 3.67. The van der Waals surface area contributed by atoms with Gasteiger partial charge in [-0.2, -0.15) is 0 Å². The lowest BCUT2D eigenvalue weighted by Crippen LogP contribution is -2.40. The summed E-state index contributed by atoms with van der Waals surface area (Å²) in [7, 11) is -3.06. The Morgan fingerprint density at radius 1 is 1.30 bits per heavy atom. The van der Waals surface area contributed by atoms with Gasteiger partial charge in [-0.3, -0.25) is 4.79 Å². The summed E-state index contributed by atoms with van der Waals surface area (Å²) in [5.74, 6) is 0.569. The first-order valence-corrected chi connectivity index (χ1v) is 8.61. The van der Waals surface area contributed by atoms with Crippen LogP contribution in [0.25, 0.3) is 0 Å². The maximum absolute atomic E-state index is 12.0. The van der Waals surface area contributed by atoms with Gasteiger partial charge in [0.05, 0.1) is 5.75 Å². The number of amides is 1. The molecule has 1 amide bonds. The summed E-state index contributed by atoms with van der Waals surface area (Å²) >= 11 is 0. The van der Waals surface area contributed by atoms with Gasteiger partial charge in [-0.15, -0.1) is 12.4 Å². The van der Waals surface area contributed by atoms with Gasteiger partial charge in [-0.05, 0) is 31.7 Å². The summed E-state index contributed by atoms with van der Waals surface area (Å²) in [6, 6.07) is 0. The van der Waals surface area contributed by atoms with Crippen LogP contribution in [0.4, 0.5) is 0 Å². The SMILES string of the molecule is Cl.NC[C@H]1CCC[C@H]1C(=O)NCCN1CCCS1(=O)=O. The number of sulfonamides is 1. The third-order valence-electron chi connectivity index (χ3n) is 4.16. The van der Waals surface area contributed by atoms with E-state index in [9.17, 15) is 13.2 Å². The molecule has 0 unspecified atom stereocenters. The number of hydrogen-bond acceptors (Lipinski definition) is 4. The number of nitrogens with one attached hydrogen (secondary N) is 1. The van der Waals surface area contributed by atoms with Crippen molar-refractivity contribution in [3.05, 3.63) is 0 Å². The first kappa shape index (κ1) is 17.7. The number of carbonyl (C=O) groups excluding carboxylic acids is 1. The van der Waals surface area contributed by atoms with E-state index in [0.29, 0.717) is 32.6 Å². The van der Waals surface area contributed by atoms with Gasteiger partial charge < -0.3 is 11.1 Å². The van der Waals surface area contributed by atoms with Gasteiger partial charge in [-0.25, -0.2) is 12.7 Å². The molecule has 118 valence electrons. The third kappa shape index (κ3) is 4.07. The van der Waals surface area contributed by atoms with Crippen molar-refractivity contribution in [1.29, 1.82) is 0 Å². The molecule has 0 spiro atoms. The second-order valence-electron chi connectivity index (χ2n) is 5.39. The number of halogens is 1. The highest BCUT2D eigenvalue weighted by atomic mass is 35.5. The number of carbonyl (C=O) groups is 1. The Hall–Kier alpha value is -0.370. The van der Waals surface area contributed by atoms with Crippen LogP contribution in [0.2, 0.25) is 0 Å². The summed E-state index contributed by atoms with van der Waals surface area (Å²) in [5.41, 5.74) is 5.66. The Bertz CT molecular complexity index is 430. The molecular weight excluding hydrogens is 302 g/mol. The van der Waals surface area contributed by atoms with Crippen LogP contribution in [0.1, 0.15) is 25.7 Å². The quantitative estimate of drug-likeness (QED) is 0.740. The molecule has 1 saturated heterocycles. The van der Waals surface area contributed by atoms with Crippen LogP contribution in [0.15, 0.2) is 0 Å². The maximum atomic E-state index is 12.0. The van der Waals surface area contributed by atoms with Crippen LogP contribution in [0.5, 0.6) is 0 Å².